The van der Waals surface area contributed by atoms with E-state index in [2.05, 4.69) is 29.2 Å². The molecule has 2 fully saturated rings. The molecule has 2 heterocycles. The van der Waals surface area contributed by atoms with Crippen molar-refractivity contribution in [3.63, 3.8) is 0 Å². The minimum Gasteiger partial charge on any atom is -0.316 e. The first-order valence-electron chi connectivity index (χ1n) is 5.85. The van der Waals surface area contributed by atoms with Gasteiger partial charge < -0.3 is 15.1 Å². The summed E-state index contributed by atoms with van der Waals surface area (Å²) in [4.78, 5) is 4.99. The van der Waals surface area contributed by atoms with E-state index in [-0.39, 0.29) is 0 Å². The lowest BCUT2D eigenvalue weighted by atomic mass is 9.99. The maximum absolute atomic E-state index is 3.34. The fourth-order valence-electron chi connectivity index (χ4n) is 2.35. The molecule has 0 aromatic rings. The zero-order chi connectivity index (χ0) is 9.97. The van der Waals surface area contributed by atoms with Crippen molar-refractivity contribution in [3.05, 3.63) is 0 Å². The lowest BCUT2D eigenvalue weighted by Crippen LogP contribution is -2.43. The van der Waals surface area contributed by atoms with Crippen molar-refractivity contribution in [1.29, 1.82) is 0 Å². The third kappa shape index (κ3) is 2.47. The third-order valence-corrected chi connectivity index (χ3v) is 3.70. The SMILES string of the molecule is CN(C)C1CCN(CCC2CNC2)C1. The Bertz CT molecular complexity index is 177. The normalized spacial score (nSPS) is 29.8. The number of likely N-dealkylation sites (tertiary alicyclic amines) is 1. The maximum Gasteiger partial charge on any atom is 0.0229 e. The van der Waals surface area contributed by atoms with Crippen LogP contribution in [0.25, 0.3) is 0 Å². The van der Waals surface area contributed by atoms with Crippen molar-refractivity contribution in [2.45, 2.75) is 18.9 Å². The largest absolute Gasteiger partial charge is 0.316 e. The Balaban J connectivity index is 1.62. The van der Waals surface area contributed by atoms with Gasteiger partial charge in [-0.1, -0.05) is 0 Å². The van der Waals surface area contributed by atoms with Crippen LogP contribution in [0.4, 0.5) is 0 Å². The smallest absolute Gasteiger partial charge is 0.0229 e. The van der Waals surface area contributed by atoms with E-state index in [1.807, 2.05) is 0 Å². The molecule has 0 bridgehead atoms. The summed E-state index contributed by atoms with van der Waals surface area (Å²) in [7, 11) is 4.40. The quantitative estimate of drug-likeness (QED) is 0.696. The highest BCUT2D eigenvalue weighted by Gasteiger charge is 2.25. The molecule has 0 saturated carbocycles. The molecular weight excluding hydrogens is 174 g/mol. The summed E-state index contributed by atoms with van der Waals surface area (Å²) in [6.07, 6.45) is 2.75. The van der Waals surface area contributed by atoms with Crippen LogP contribution in [0.2, 0.25) is 0 Å². The van der Waals surface area contributed by atoms with Crippen LogP contribution in [-0.2, 0) is 0 Å². The van der Waals surface area contributed by atoms with Gasteiger partial charge in [-0.2, -0.15) is 0 Å². The van der Waals surface area contributed by atoms with E-state index in [0.717, 1.165) is 12.0 Å². The molecule has 0 aliphatic carbocycles. The van der Waals surface area contributed by atoms with E-state index in [1.165, 1.54) is 45.6 Å². The Morgan fingerprint density at radius 2 is 2.14 bits per heavy atom. The molecule has 0 spiro atoms. The fraction of sp³-hybridized carbons (Fsp3) is 1.00. The Morgan fingerprint density at radius 3 is 2.64 bits per heavy atom. The molecule has 2 rings (SSSR count). The Hall–Kier alpha value is -0.120. The summed E-state index contributed by atoms with van der Waals surface area (Å²) in [5, 5.41) is 3.34. The highest BCUT2D eigenvalue weighted by Crippen LogP contribution is 2.16. The lowest BCUT2D eigenvalue weighted by molar-refractivity contribution is 0.236. The average molecular weight is 197 g/mol. The van der Waals surface area contributed by atoms with Gasteiger partial charge in [0.1, 0.15) is 0 Å². The molecule has 0 radical (unpaired) electrons. The van der Waals surface area contributed by atoms with Gasteiger partial charge in [-0.25, -0.2) is 0 Å². The van der Waals surface area contributed by atoms with Crippen LogP contribution < -0.4 is 5.32 Å². The van der Waals surface area contributed by atoms with Crippen molar-refractivity contribution in [1.82, 2.24) is 15.1 Å². The van der Waals surface area contributed by atoms with E-state index in [4.69, 9.17) is 0 Å². The van der Waals surface area contributed by atoms with Crippen LogP contribution in [0.3, 0.4) is 0 Å². The Labute approximate surface area is 87.4 Å². The van der Waals surface area contributed by atoms with Gasteiger partial charge in [-0.05, 0) is 59.0 Å². The molecule has 1 atom stereocenters. The number of rotatable bonds is 4. The van der Waals surface area contributed by atoms with Gasteiger partial charge in [0.25, 0.3) is 0 Å². The van der Waals surface area contributed by atoms with Gasteiger partial charge in [0.05, 0.1) is 0 Å². The second-order valence-corrected chi connectivity index (χ2v) is 5.02. The highest BCUT2D eigenvalue weighted by molar-refractivity contribution is 4.82. The summed E-state index contributed by atoms with van der Waals surface area (Å²) >= 11 is 0. The Kier molecular flexibility index (Phi) is 3.42. The summed E-state index contributed by atoms with van der Waals surface area (Å²) in [6, 6.07) is 0.800. The molecule has 82 valence electrons. The van der Waals surface area contributed by atoms with Crippen LogP contribution in [0, 0.1) is 5.92 Å². The predicted octanol–water partition coefficient (Wildman–Crippen LogP) is 0.232. The Morgan fingerprint density at radius 1 is 1.36 bits per heavy atom. The second kappa shape index (κ2) is 4.60. The molecule has 2 aliphatic heterocycles. The van der Waals surface area contributed by atoms with Crippen LogP contribution in [-0.4, -0.2) is 62.7 Å². The molecule has 1 N–H and O–H groups in total. The van der Waals surface area contributed by atoms with E-state index in [1.54, 1.807) is 0 Å². The minimum atomic E-state index is 0.800. The van der Waals surface area contributed by atoms with Crippen LogP contribution in [0.1, 0.15) is 12.8 Å². The van der Waals surface area contributed by atoms with Crippen LogP contribution in [0.5, 0.6) is 0 Å². The lowest BCUT2D eigenvalue weighted by Gasteiger charge is -2.29. The molecule has 3 nitrogen and oxygen atoms in total. The van der Waals surface area contributed by atoms with E-state index >= 15 is 0 Å². The first-order valence-corrected chi connectivity index (χ1v) is 5.85. The molecular formula is C11H23N3. The average Bonchev–Trinajstić information content (AvgIpc) is 2.50. The maximum atomic E-state index is 3.34. The molecule has 2 aliphatic rings. The topological polar surface area (TPSA) is 18.5 Å². The molecule has 0 amide bonds. The number of hydrogen-bond acceptors (Lipinski definition) is 3. The summed E-state index contributed by atoms with van der Waals surface area (Å²) in [6.45, 7) is 6.42. The van der Waals surface area contributed by atoms with Gasteiger partial charge in [0.15, 0.2) is 0 Å². The monoisotopic (exact) mass is 197 g/mol. The molecule has 3 heteroatoms. The predicted molar refractivity (Wildman–Crippen MR) is 59.5 cm³/mol. The van der Waals surface area contributed by atoms with Gasteiger partial charge >= 0.3 is 0 Å². The molecule has 1 unspecified atom stereocenters. The number of likely N-dealkylation sites (N-methyl/N-ethyl adjacent to an activating group) is 1. The summed E-state index contributed by atoms with van der Waals surface area (Å²) in [5.41, 5.74) is 0. The van der Waals surface area contributed by atoms with E-state index < -0.39 is 0 Å². The second-order valence-electron chi connectivity index (χ2n) is 5.02. The van der Waals surface area contributed by atoms with Crippen LogP contribution in [0.15, 0.2) is 0 Å². The zero-order valence-corrected chi connectivity index (χ0v) is 9.50. The summed E-state index contributed by atoms with van der Waals surface area (Å²) in [5.74, 6) is 0.966. The standard InChI is InChI=1S/C11H23N3/c1-13(2)11-4-6-14(9-11)5-3-10-7-12-8-10/h10-12H,3-9H2,1-2H3. The molecule has 2 saturated heterocycles. The van der Waals surface area contributed by atoms with Crippen LogP contribution >= 0.6 is 0 Å². The fourth-order valence-corrected chi connectivity index (χ4v) is 2.35. The number of hydrogen-bond donors (Lipinski definition) is 1. The van der Waals surface area contributed by atoms with Gasteiger partial charge in [-0.3, -0.25) is 0 Å². The van der Waals surface area contributed by atoms with E-state index in [9.17, 15) is 0 Å². The number of nitrogens with one attached hydrogen (secondary N) is 1. The van der Waals surface area contributed by atoms with E-state index in [0.29, 0.717) is 0 Å². The van der Waals surface area contributed by atoms with Crippen molar-refractivity contribution in [2.75, 3.05) is 46.8 Å². The number of nitrogens with zero attached hydrogens (tertiary/aromatic N) is 2. The van der Waals surface area contributed by atoms with Crippen molar-refractivity contribution >= 4 is 0 Å². The van der Waals surface area contributed by atoms with Crippen molar-refractivity contribution in [3.8, 4) is 0 Å². The van der Waals surface area contributed by atoms with Gasteiger partial charge in [-0.15, -0.1) is 0 Å². The van der Waals surface area contributed by atoms with Crippen molar-refractivity contribution < 1.29 is 0 Å². The van der Waals surface area contributed by atoms with Gasteiger partial charge in [0.2, 0.25) is 0 Å². The first-order chi connectivity index (χ1) is 6.75. The van der Waals surface area contributed by atoms with Gasteiger partial charge in [0, 0.05) is 12.6 Å². The zero-order valence-electron chi connectivity index (χ0n) is 9.50. The molecule has 0 aromatic carbocycles. The minimum absolute atomic E-state index is 0.800. The first kappa shape index (κ1) is 10.4. The van der Waals surface area contributed by atoms with Crippen molar-refractivity contribution in [2.24, 2.45) is 5.92 Å². The summed E-state index contributed by atoms with van der Waals surface area (Å²) < 4.78 is 0. The molecule has 14 heavy (non-hydrogen) atoms. The highest BCUT2D eigenvalue weighted by atomic mass is 15.2. The third-order valence-electron chi connectivity index (χ3n) is 3.70. The molecule has 0 aromatic heterocycles.